The van der Waals surface area contributed by atoms with Crippen molar-refractivity contribution in [2.75, 3.05) is 18.1 Å². The maximum atomic E-state index is 14.1. The molecule has 2 aliphatic heterocycles. The van der Waals surface area contributed by atoms with Crippen molar-refractivity contribution in [2.24, 2.45) is 23.7 Å². The molecule has 1 aromatic carbocycles. The first-order chi connectivity index (χ1) is 28.4. The average Bonchev–Trinajstić information content (AvgIpc) is 3.92. The van der Waals surface area contributed by atoms with E-state index in [1.54, 1.807) is 34.7 Å². The van der Waals surface area contributed by atoms with E-state index >= 15 is 0 Å². The zero-order valence-electron chi connectivity index (χ0n) is 35.5. The van der Waals surface area contributed by atoms with E-state index in [1.807, 2.05) is 64.6 Å². The molecule has 7 N–H and O–H groups in total. The summed E-state index contributed by atoms with van der Waals surface area (Å²) < 4.78 is 0. The van der Waals surface area contributed by atoms with Gasteiger partial charge in [-0.3, -0.25) is 14.4 Å². The molecule has 12 nitrogen and oxygen atoms in total. The summed E-state index contributed by atoms with van der Waals surface area (Å²) in [5, 5.41) is 39.5. The van der Waals surface area contributed by atoms with Crippen molar-refractivity contribution >= 4 is 58.6 Å². The van der Waals surface area contributed by atoms with Crippen LogP contribution in [0.5, 0.6) is 0 Å². The van der Waals surface area contributed by atoms with Crippen LogP contribution in [-0.2, 0) is 16.0 Å². The number of rotatable bonds is 23. The number of aliphatic hydroxyl groups excluding tert-OH is 2. The SMILES string of the molecule is CCC(C)[C@H](NC(=O)[C@H](C(C)C)[C@@H](O)[C@H](O)[C@H](CC1CCCCC1)NC(=O)c1ccccc1SCCCCC[C@@H]1SC[C@@H]2NC(=O)NC21)C(=O)NCCc1scnc1C. The van der Waals surface area contributed by atoms with Gasteiger partial charge in [0.15, 0.2) is 0 Å². The summed E-state index contributed by atoms with van der Waals surface area (Å²) in [6.45, 7) is 9.89. The third-order valence-electron chi connectivity index (χ3n) is 12.5. The monoisotopic (exact) mass is 872 g/mol. The number of carbonyl (C=O) groups is 4. The zero-order valence-corrected chi connectivity index (χ0v) is 38.0. The van der Waals surface area contributed by atoms with Gasteiger partial charge in [0.05, 0.1) is 46.9 Å². The second kappa shape index (κ2) is 23.4. The second-order valence-electron chi connectivity index (χ2n) is 17.2. The van der Waals surface area contributed by atoms with E-state index in [9.17, 15) is 29.4 Å². The minimum atomic E-state index is -1.49. The maximum absolute atomic E-state index is 14.1. The van der Waals surface area contributed by atoms with E-state index in [4.69, 9.17) is 0 Å². The Labute approximate surface area is 363 Å². The highest BCUT2D eigenvalue weighted by molar-refractivity contribution is 8.00. The number of thioether (sulfide) groups is 2. The maximum Gasteiger partial charge on any atom is 0.315 e. The van der Waals surface area contributed by atoms with Crippen LogP contribution in [0.15, 0.2) is 34.7 Å². The van der Waals surface area contributed by atoms with Gasteiger partial charge in [-0.05, 0) is 61.8 Å². The molecule has 3 fully saturated rings. The number of urea groups is 1. The summed E-state index contributed by atoms with van der Waals surface area (Å²) in [6, 6.07) is 6.32. The van der Waals surface area contributed by atoms with Crippen molar-refractivity contribution < 1.29 is 29.4 Å². The van der Waals surface area contributed by atoms with Gasteiger partial charge in [0.25, 0.3) is 5.91 Å². The Balaban J connectivity index is 1.20. The molecular weight excluding hydrogens is 805 g/mol. The molecule has 2 unspecified atom stereocenters. The van der Waals surface area contributed by atoms with Gasteiger partial charge in [0.1, 0.15) is 12.1 Å². The van der Waals surface area contributed by atoms with Gasteiger partial charge in [-0.2, -0.15) is 11.8 Å². The van der Waals surface area contributed by atoms with Crippen molar-refractivity contribution in [1.29, 1.82) is 0 Å². The molecule has 2 saturated heterocycles. The van der Waals surface area contributed by atoms with Crippen LogP contribution in [0.3, 0.4) is 0 Å². The van der Waals surface area contributed by atoms with E-state index in [0.29, 0.717) is 36.6 Å². The predicted octanol–water partition coefficient (Wildman–Crippen LogP) is 6.22. The molecule has 3 heterocycles. The van der Waals surface area contributed by atoms with Gasteiger partial charge in [-0.1, -0.05) is 91.2 Å². The first kappa shape index (κ1) is 47.2. The minimum Gasteiger partial charge on any atom is -0.390 e. The summed E-state index contributed by atoms with van der Waals surface area (Å²) in [4.78, 5) is 59.7. The van der Waals surface area contributed by atoms with Gasteiger partial charge >= 0.3 is 6.03 Å². The smallest absolute Gasteiger partial charge is 0.315 e. The van der Waals surface area contributed by atoms with E-state index in [-0.39, 0.29) is 47.7 Å². The Morgan fingerprint density at radius 3 is 2.46 bits per heavy atom. The molecule has 2 aromatic rings. The number of nitrogens with zero attached hydrogens (tertiary/aromatic N) is 1. The van der Waals surface area contributed by atoms with Crippen LogP contribution in [-0.4, -0.2) is 98.6 Å². The Hall–Kier alpha value is -2.85. The van der Waals surface area contributed by atoms with Crippen molar-refractivity contribution in [1.82, 2.24) is 31.6 Å². The van der Waals surface area contributed by atoms with Crippen LogP contribution in [0, 0.1) is 30.6 Å². The number of carbonyl (C=O) groups excluding carboxylic acids is 4. The predicted molar refractivity (Wildman–Crippen MR) is 239 cm³/mol. The van der Waals surface area contributed by atoms with Gasteiger partial charge in [0.2, 0.25) is 11.8 Å². The number of aryl methyl sites for hydroxylation is 1. The highest BCUT2D eigenvalue weighted by Crippen LogP contribution is 2.34. The van der Waals surface area contributed by atoms with Crippen LogP contribution in [0.2, 0.25) is 0 Å². The number of aliphatic hydroxyl groups is 2. The standard InChI is InChI=1S/C44H68N6O6S3/c1-6-27(4)37(43(55)45-21-20-33-28(5)46-25-59-33)49-42(54)36(26(2)3)40(52)39(51)31(23-29-15-9-7-10-16-29)47-41(53)30-17-12-13-18-34(30)57-22-14-8-11-19-35-38-32(24-58-35)48-44(56)50-38/h12-13,17-18,25-27,29,31-32,35-40,51-52H,6-11,14-16,19-24H2,1-5H3,(H,45,55)(H,47,53)(H,49,54)(H2,48,50,56)/t27?,31-,32-,35-,36+,37-,38?,39+,40+/m0/s1. The molecule has 328 valence electrons. The molecular formula is C44H68N6O6S3. The Morgan fingerprint density at radius 2 is 1.75 bits per heavy atom. The Bertz CT molecular complexity index is 1670. The summed E-state index contributed by atoms with van der Waals surface area (Å²) in [6.07, 6.45) is 8.37. The van der Waals surface area contributed by atoms with Crippen molar-refractivity contribution in [3.05, 3.63) is 45.9 Å². The van der Waals surface area contributed by atoms with Gasteiger partial charge in [0, 0.05) is 33.7 Å². The number of unbranched alkanes of at least 4 members (excludes halogenated alkanes) is 2. The van der Waals surface area contributed by atoms with Crippen molar-refractivity contribution in [3.8, 4) is 0 Å². The summed E-state index contributed by atoms with van der Waals surface area (Å²) >= 11 is 5.13. The lowest BCUT2D eigenvalue weighted by atomic mass is 9.79. The fourth-order valence-corrected chi connectivity index (χ4v) is 12.2. The van der Waals surface area contributed by atoms with Crippen LogP contribution in [0.4, 0.5) is 4.79 Å². The average molecular weight is 873 g/mol. The van der Waals surface area contributed by atoms with Crippen LogP contribution < -0.4 is 26.6 Å². The molecule has 1 aliphatic carbocycles. The van der Waals surface area contributed by atoms with Crippen molar-refractivity contribution in [3.63, 3.8) is 0 Å². The molecule has 1 aromatic heterocycles. The third-order valence-corrected chi connectivity index (χ3v) is 16.2. The quantitative estimate of drug-likeness (QED) is 0.0388. The van der Waals surface area contributed by atoms with E-state index in [0.717, 1.165) is 84.8 Å². The second-order valence-corrected chi connectivity index (χ2v) is 20.5. The summed E-state index contributed by atoms with van der Waals surface area (Å²) in [5.74, 6) is -0.578. The van der Waals surface area contributed by atoms with E-state index in [1.165, 1.54) is 0 Å². The van der Waals surface area contributed by atoms with Crippen LogP contribution in [0.1, 0.15) is 119 Å². The number of hydrogen-bond donors (Lipinski definition) is 7. The number of nitrogens with one attached hydrogen (secondary N) is 5. The molecule has 0 radical (unpaired) electrons. The molecule has 9 atom stereocenters. The number of benzene rings is 1. The highest BCUT2D eigenvalue weighted by atomic mass is 32.2. The normalized spacial score (nSPS) is 22.4. The molecule has 1 saturated carbocycles. The molecule has 5 amide bonds. The number of aromatic nitrogens is 1. The van der Waals surface area contributed by atoms with Gasteiger partial charge in [-0.25, -0.2) is 9.78 Å². The molecule has 15 heteroatoms. The zero-order chi connectivity index (χ0) is 42.5. The Kier molecular flexibility index (Phi) is 18.7. The number of hydrogen-bond acceptors (Lipinski definition) is 10. The summed E-state index contributed by atoms with van der Waals surface area (Å²) in [5.41, 5.74) is 3.26. The third kappa shape index (κ3) is 13.3. The lowest BCUT2D eigenvalue weighted by Crippen LogP contribution is -2.57. The van der Waals surface area contributed by atoms with Gasteiger partial charge in [-0.15, -0.1) is 23.1 Å². The van der Waals surface area contributed by atoms with E-state index in [2.05, 4.69) is 31.6 Å². The summed E-state index contributed by atoms with van der Waals surface area (Å²) in [7, 11) is 0. The fraction of sp³-hybridized carbons (Fsp3) is 0.705. The largest absolute Gasteiger partial charge is 0.390 e. The minimum absolute atomic E-state index is 0.0551. The molecule has 3 aliphatic rings. The topological polar surface area (TPSA) is 182 Å². The molecule has 0 spiro atoms. The van der Waals surface area contributed by atoms with Crippen molar-refractivity contribution in [2.45, 2.75) is 158 Å². The van der Waals surface area contributed by atoms with E-state index < -0.39 is 36.1 Å². The lowest BCUT2D eigenvalue weighted by Gasteiger charge is -2.36. The molecule has 59 heavy (non-hydrogen) atoms. The number of fused-ring (bicyclic) bond motifs is 1. The molecule has 0 bridgehead atoms. The highest BCUT2D eigenvalue weighted by Gasteiger charge is 2.43. The first-order valence-electron chi connectivity index (χ1n) is 21.9. The van der Waals surface area contributed by atoms with Crippen LogP contribution in [0.25, 0.3) is 0 Å². The number of amides is 5. The van der Waals surface area contributed by atoms with Gasteiger partial charge < -0.3 is 36.8 Å². The first-order valence-corrected chi connectivity index (χ1v) is 24.8. The number of thiazole rings is 1. The van der Waals surface area contributed by atoms with Crippen LogP contribution >= 0.6 is 34.9 Å². The molecule has 5 rings (SSSR count). The lowest BCUT2D eigenvalue weighted by molar-refractivity contribution is -0.140. The fourth-order valence-electron chi connectivity index (χ4n) is 8.77. The Morgan fingerprint density at radius 1 is 0.983 bits per heavy atom.